The second-order valence-corrected chi connectivity index (χ2v) is 11.1. The van der Waals surface area contributed by atoms with E-state index >= 15 is 0 Å². The van der Waals surface area contributed by atoms with Gasteiger partial charge in [-0.2, -0.15) is 0 Å². The molecule has 0 saturated heterocycles. The van der Waals surface area contributed by atoms with Crippen molar-refractivity contribution in [2.45, 2.75) is 85.2 Å². The van der Waals surface area contributed by atoms with Crippen molar-refractivity contribution in [1.29, 1.82) is 0 Å². The third kappa shape index (κ3) is 2.79. The largest absolute Gasteiger partial charge is 0.393 e. The van der Waals surface area contributed by atoms with Crippen molar-refractivity contribution in [2.24, 2.45) is 52.1 Å². The number of hydrogen-bond donors (Lipinski definition) is 2. The molecule has 4 aliphatic carbocycles. The predicted molar refractivity (Wildman–Crippen MR) is 114 cm³/mol. The van der Waals surface area contributed by atoms with E-state index in [0.29, 0.717) is 34.9 Å². The first-order valence-electron chi connectivity index (χ1n) is 11.9. The Kier molecular flexibility index (Phi) is 5.32. The molecule has 0 aromatic heterocycles. The maximum Gasteiger partial charge on any atom is 0.162 e. The van der Waals surface area contributed by atoms with Gasteiger partial charge < -0.3 is 10.8 Å². The van der Waals surface area contributed by atoms with Gasteiger partial charge in [0.15, 0.2) is 5.78 Å². The van der Waals surface area contributed by atoms with Crippen LogP contribution in [0.5, 0.6) is 0 Å². The molecule has 158 valence electrons. The first kappa shape index (κ1) is 20.6. The third-order valence-electron chi connectivity index (χ3n) is 10.1. The number of carbonyl (C=O) groups is 1. The van der Waals surface area contributed by atoms with Crippen LogP contribution < -0.4 is 5.73 Å². The molecule has 4 rings (SSSR count). The van der Waals surface area contributed by atoms with Gasteiger partial charge in [-0.1, -0.05) is 26.8 Å². The number of allylic oxidation sites excluding steroid dienone is 2. The van der Waals surface area contributed by atoms with Crippen LogP contribution in [0, 0.1) is 46.3 Å². The number of aliphatic hydroxyl groups excluding tert-OH is 1. The zero-order valence-electron chi connectivity index (χ0n) is 18.4. The van der Waals surface area contributed by atoms with E-state index in [4.69, 9.17) is 5.73 Å². The van der Waals surface area contributed by atoms with Crippen molar-refractivity contribution in [3.05, 3.63) is 11.6 Å². The molecular formula is C25H41NO2. The van der Waals surface area contributed by atoms with Gasteiger partial charge in [0, 0.05) is 5.92 Å². The monoisotopic (exact) mass is 387 g/mol. The summed E-state index contributed by atoms with van der Waals surface area (Å²) in [4.78, 5) is 13.8. The first-order valence-corrected chi connectivity index (χ1v) is 11.9. The van der Waals surface area contributed by atoms with Crippen LogP contribution in [0.25, 0.3) is 0 Å². The van der Waals surface area contributed by atoms with Crippen LogP contribution in [-0.4, -0.2) is 23.5 Å². The van der Waals surface area contributed by atoms with Gasteiger partial charge in [-0.3, -0.25) is 4.79 Å². The molecule has 4 saturated carbocycles. The van der Waals surface area contributed by atoms with Gasteiger partial charge in [-0.25, -0.2) is 0 Å². The minimum absolute atomic E-state index is 0.182. The van der Waals surface area contributed by atoms with Crippen molar-refractivity contribution in [1.82, 2.24) is 0 Å². The molecule has 4 aliphatic rings. The van der Waals surface area contributed by atoms with Gasteiger partial charge in [0.2, 0.25) is 0 Å². The fourth-order valence-electron chi connectivity index (χ4n) is 8.63. The summed E-state index contributed by atoms with van der Waals surface area (Å²) in [7, 11) is 0. The van der Waals surface area contributed by atoms with Gasteiger partial charge in [-0.05, 0) is 111 Å². The van der Waals surface area contributed by atoms with Gasteiger partial charge in [-0.15, -0.1) is 0 Å². The second-order valence-electron chi connectivity index (χ2n) is 11.1. The highest BCUT2D eigenvalue weighted by atomic mass is 16.3. The maximum atomic E-state index is 13.8. The number of Topliss-reactive ketones (excluding diaryl/α,β-unsaturated/α-hetero) is 1. The summed E-state index contributed by atoms with van der Waals surface area (Å²) >= 11 is 0. The number of fused-ring (bicyclic) bond motifs is 5. The Labute approximate surface area is 171 Å². The molecule has 0 spiro atoms. The quantitative estimate of drug-likeness (QED) is 0.688. The van der Waals surface area contributed by atoms with Crippen molar-refractivity contribution in [3.8, 4) is 0 Å². The summed E-state index contributed by atoms with van der Waals surface area (Å²) in [6.45, 7) is 10.1. The average molecular weight is 388 g/mol. The van der Waals surface area contributed by atoms with Crippen LogP contribution in [0.1, 0.15) is 79.1 Å². The van der Waals surface area contributed by atoms with Crippen LogP contribution in [-0.2, 0) is 4.79 Å². The summed E-state index contributed by atoms with van der Waals surface area (Å²) in [6, 6.07) is 0. The number of ketones is 1. The lowest BCUT2D eigenvalue weighted by molar-refractivity contribution is -0.150. The second kappa shape index (κ2) is 7.23. The molecule has 3 heteroatoms. The highest BCUT2D eigenvalue weighted by Crippen LogP contribution is 2.68. The van der Waals surface area contributed by atoms with Crippen LogP contribution >= 0.6 is 0 Å². The highest BCUT2D eigenvalue weighted by Gasteiger charge is 2.64. The smallest absolute Gasteiger partial charge is 0.162 e. The molecule has 28 heavy (non-hydrogen) atoms. The number of nitrogens with two attached hydrogens (primary N) is 1. The van der Waals surface area contributed by atoms with E-state index in [0.717, 1.165) is 37.8 Å². The maximum absolute atomic E-state index is 13.8. The van der Waals surface area contributed by atoms with Crippen molar-refractivity contribution >= 4 is 5.78 Å². The molecule has 0 aromatic rings. The lowest BCUT2D eigenvalue weighted by Gasteiger charge is -2.61. The molecule has 0 bridgehead atoms. The van der Waals surface area contributed by atoms with Crippen molar-refractivity contribution in [2.75, 3.05) is 6.54 Å². The number of carbonyl (C=O) groups excluding carboxylic acids is 1. The molecule has 4 fully saturated rings. The van der Waals surface area contributed by atoms with E-state index in [1.807, 2.05) is 6.92 Å². The first-order chi connectivity index (χ1) is 13.3. The lowest BCUT2D eigenvalue weighted by atomic mass is 9.43. The molecule has 0 aliphatic heterocycles. The molecule has 3 unspecified atom stereocenters. The van der Waals surface area contributed by atoms with Crippen LogP contribution in [0.2, 0.25) is 0 Å². The van der Waals surface area contributed by atoms with E-state index in [-0.39, 0.29) is 23.4 Å². The van der Waals surface area contributed by atoms with Gasteiger partial charge in [0.25, 0.3) is 0 Å². The average Bonchev–Trinajstić information content (AvgIpc) is 3.01. The Morgan fingerprint density at radius 1 is 1.14 bits per heavy atom. The van der Waals surface area contributed by atoms with E-state index in [9.17, 15) is 9.90 Å². The van der Waals surface area contributed by atoms with Crippen LogP contribution in [0.3, 0.4) is 0 Å². The molecule has 0 amide bonds. The molecule has 9 atom stereocenters. The van der Waals surface area contributed by atoms with E-state index in [1.54, 1.807) is 0 Å². The summed E-state index contributed by atoms with van der Waals surface area (Å²) in [5.41, 5.74) is 7.41. The Morgan fingerprint density at radius 2 is 1.82 bits per heavy atom. The van der Waals surface area contributed by atoms with Crippen molar-refractivity contribution in [3.63, 3.8) is 0 Å². The van der Waals surface area contributed by atoms with Gasteiger partial charge >= 0.3 is 0 Å². The highest BCUT2D eigenvalue weighted by molar-refractivity contribution is 5.99. The number of hydrogen-bond acceptors (Lipinski definition) is 3. The lowest BCUT2D eigenvalue weighted by Crippen LogP contribution is -2.58. The minimum Gasteiger partial charge on any atom is -0.393 e. The minimum atomic E-state index is -0.237. The molecule has 0 aromatic carbocycles. The van der Waals surface area contributed by atoms with Crippen LogP contribution in [0.15, 0.2) is 11.6 Å². The fourth-order valence-corrected chi connectivity index (χ4v) is 8.63. The summed E-state index contributed by atoms with van der Waals surface area (Å²) in [5.74, 6) is 3.30. The molecule has 0 heterocycles. The molecule has 0 radical (unpaired) electrons. The number of aliphatic hydroxyl groups is 1. The van der Waals surface area contributed by atoms with Gasteiger partial charge in [0.05, 0.1) is 6.10 Å². The van der Waals surface area contributed by atoms with Crippen molar-refractivity contribution < 1.29 is 9.90 Å². The van der Waals surface area contributed by atoms with E-state index in [1.165, 1.54) is 25.7 Å². The standard InChI is InChI=1S/C25H41NO2/c1-5-17-21-14-16(27)8-11-25(21,4)20-9-12-24(3)18(15(2)10-13-26)6-7-19(24)22(20)23(17)28/h5,15-16,18-22,27H,6-14,26H2,1-4H3/b17-5+/t15-,16-,18-,19+,20?,21+,22?,24?,25-/m1/s1. The summed E-state index contributed by atoms with van der Waals surface area (Å²) in [6.07, 6.45) is 10.6. The Bertz CT molecular complexity index is 657. The zero-order chi connectivity index (χ0) is 20.3. The topological polar surface area (TPSA) is 63.3 Å². The Hall–Kier alpha value is -0.670. The molecule has 3 N–H and O–H groups in total. The summed E-state index contributed by atoms with van der Waals surface area (Å²) in [5, 5.41) is 10.3. The fraction of sp³-hybridized carbons (Fsp3) is 0.880. The molecular weight excluding hydrogens is 346 g/mol. The SMILES string of the molecule is C/C=C1/C(=O)C2C(CCC3(C)[C@@H]([C@H](C)CCN)CC[C@@H]23)[C@@]2(C)CC[C@@H](O)C[C@@H]12. The predicted octanol–water partition coefficient (Wildman–Crippen LogP) is 4.73. The van der Waals surface area contributed by atoms with Crippen LogP contribution in [0.4, 0.5) is 0 Å². The Balaban J connectivity index is 1.70. The molecule has 3 nitrogen and oxygen atoms in total. The Morgan fingerprint density at radius 3 is 2.50 bits per heavy atom. The van der Waals surface area contributed by atoms with E-state index in [2.05, 4.69) is 26.8 Å². The summed E-state index contributed by atoms with van der Waals surface area (Å²) < 4.78 is 0. The zero-order valence-corrected chi connectivity index (χ0v) is 18.4. The third-order valence-corrected chi connectivity index (χ3v) is 10.1. The normalized spacial score (nSPS) is 50.8. The number of rotatable bonds is 3. The van der Waals surface area contributed by atoms with E-state index < -0.39 is 0 Å². The van der Waals surface area contributed by atoms with Gasteiger partial charge in [0.1, 0.15) is 0 Å².